The molecular weight excluding hydrogens is 192 g/mol. The first-order valence-corrected chi connectivity index (χ1v) is 7.03. The van der Waals surface area contributed by atoms with Gasteiger partial charge < -0.3 is 5.11 Å². The SMILES string of the molecule is CCC1CCCC(SCC(C)CO)C1. The number of thioether (sulfide) groups is 1. The normalized spacial score (nSPS) is 30.2. The Hall–Kier alpha value is 0.310. The summed E-state index contributed by atoms with van der Waals surface area (Å²) < 4.78 is 0. The molecule has 0 aliphatic heterocycles. The van der Waals surface area contributed by atoms with E-state index in [1.54, 1.807) is 0 Å². The van der Waals surface area contributed by atoms with E-state index in [4.69, 9.17) is 5.11 Å². The minimum Gasteiger partial charge on any atom is -0.396 e. The molecule has 0 heterocycles. The maximum absolute atomic E-state index is 8.95. The van der Waals surface area contributed by atoms with Gasteiger partial charge in [-0.15, -0.1) is 0 Å². The van der Waals surface area contributed by atoms with E-state index in [0.717, 1.165) is 16.9 Å². The van der Waals surface area contributed by atoms with Gasteiger partial charge in [0.2, 0.25) is 0 Å². The van der Waals surface area contributed by atoms with Crippen LogP contribution in [0.4, 0.5) is 0 Å². The third-order valence-corrected chi connectivity index (χ3v) is 4.90. The zero-order valence-corrected chi connectivity index (χ0v) is 10.4. The highest BCUT2D eigenvalue weighted by Crippen LogP contribution is 2.34. The molecule has 0 aromatic carbocycles. The van der Waals surface area contributed by atoms with Crippen molar-refractivity contribution in [2.24, 2.45) is 11.8 Å². The summed E-state index contributed by atoms with van der Waals surface area (Å²) in [7, 11) is 0. The van der Waals surface area contributed by atoms with Crippen molar-refractivity contribution in [3.05, 3.63) is 0 Å². The van der Waals surface area contributed by atoms with Crippen LogP contribution in [0.25, 0.3) is 0 Å². The van der Waals surface area contributed by atoms with Crippen molar-refractivity contribution in [2.45, 2.75) is 51.2 Å². The standard InChI is InChI=1S/C12H24OS/c1-3-11-5-4-6-12(7-11)14-9-10(2)8-13/h10-13H,3-9H2,1-2H3. The fourth-order valence-electron chi connectivity index (χ4n) is 2.12. The monoisotopic (exact) mass is 216 g/mol. The number of aliphatic hydroxyl groups is 1. The van der Waals surface area contributed by atoms with E-state index in [9.17, 15) is 0 Å². The molecule has 1 fully saturated rings. The van der Waals surface area contributed by atoms with E-state index in [0.29, 0.717) is 12.5 Å². The van der Waals surface area contributed by atoms with Gasteiger partial charge in [-0.1, -0.05) is 33.1 Å². The van der Waals surface area contributed by atoms with Gasteiger partial charge in [0.25, 0.3) is 0 Å². The van der Waals surface area contributed by atoms with Gasteiger partial charge in [0.15, 0.2) is 0 Å². The predicted octanol–water partition coefficient (Wildman–Crippen LogP) is 3.32. The zero-order valence-electron chi connectivity index (χ0n) is 9.54. The van der Waals surface area contributed by atoms with Crippen LogP contribution in [0.5, 0.6) is 0 Å². The molecule has 0 radical (unpaired) electrons. The van der Waals surface area contributed by atoms with Gasteiger partial charge >= 0.3 is 0 Å². The molecule has 2 heteroatoms. The highest BCUT2D eigenvalue weighted by Gasteiger charge is 2.21. The molecule has 3 unspecified atom stereocenters. The van der Waals surface area contributed by atoms with Crippen molar-refractivity contribution in [1.29, 1.82) is 0 Å². The first kappa shape index (κ1) is 12.4. The summed E-state index contributed by atoms with van der Waals surface area (Å²) in [6, 6.07) is 0. The number of hydrogen-bond donors (Lipinski definition) is 1. The summed E-state index contributed by atoms with van der Waals surface area (Å²) in [5.41, 5.74) is 0. The van der Waals surface area contributed by atoms with Crippen LogP contribution in [-0.2, 0) is 0 Å². The Bertz CT molecular complexity index is 149. The smallest absolute Gasteiger partial charge is 0.0464 e. The van der Waals surface area contributed by atoms with Crippen LogP contribution in [0.2, 0.25) is 0 Å². The molecule has 1 aliphatic carbocycles. The highest BCUT2D eigenvalue weighted by atomic mass is 32.2. The minimum absolute atomic E-state index is 0.344. The average molecular weight is 216 g/mol. The second-order valence-corrected chi connectivity index (χ2v) is 6.02. The molecule has 1 rings (SSSR count). The van der Waals surface area contributed by atoms with E-state index < -0.39 is 0 Å². The quantitative estimate of drug-likeness (QED) is 0.761. The van der Waals surface area contributed by atoms with Gasteiger partial charge in [0, 0.05) is 11.9 Å². The summed E-state index contributed by atoms with van der Waals surface area (Å²) in [4.78, 5) is 0. The van der Waals surface area contributed by atoms with Crippen LogP contribution >= 0.6 is 11.8 Å². The van der Waals surface area contributed by atoms with Gasteiger partial charge in [0.1, 0.15) is 0 Å². The molecule has 14 heavy (non-hydrogen) atoms. The number of aliphatic hydroxyl groups excluding tert-OH is 1. The molecule has 1 nitrogen and oxygen atoms in total. The van der Waals surface area contributed by atoms with E-state index >= 15 is 0 Å². The fraction of sp³-hybridized carbons (Fsp3) is 1.00. The fourth-order valence-corrected chi connectivity index (χ4v) is 3.56. The molecular formula is C12H24OS. The van der Waals surface area contributed by atoms with Crippen LogP contribution in [0.1, 0.15) is 46.0 Å². The Morgan fingerprint density at radius 1 is 1.43 bits per heavy atom. The topological polar surface area (TPSA) is 20.2 Å². The molecule has 0 aromatic rings. The van der Waals surface area contributed by atoms with Gasteiger partial charge in [-0.3, -0.25) is 0 Å². The molecule has 0 bridgehead atoms. The van der Waals surface area contributed by atoms with Crippen molar-refractivity contribution in [2.75, 3.05) is 12.4 Å². The summed E-state index contributed by atoms with van der Waals surface area (Å²) in [6.45, 7) is 4.79. The lowest BCUT2D eigenvalue weighted by Crippen LogP contribution is -2.18. The highest BCUT2D eigenvalue weighted by molar-refractivity contribution is 7.99. The maximum Gasteiger partial charge on any atom is 0.0464 e. The van der Waals surface area contributed by atoms with Crippen molar-refractivity contribution in [3.63, 3.8) is 0 Å². The van der Waals surface area contributed by atoms with Crippen LogP contribution in [0.3, 0.4) is 0 Å². The van der Waals surface area contributed by atoms with Crippen LogP contribution in [0.15, 0.2) is 0 Å². The lowest BCUT2D eigenvalue weighted by molar-refractivity contribution is 0.250. The lowest BCUT2D eigenvalue weighted by Gasteiger charge is -2.28. The molecule has 1 saturated carbocycles. The zero-order chi connectivity index (χ0) is 10.4. The summed E-state index contributed by atoms with van der Waals surface area (Å²) in [5, 5.41) is 9.83. The van der Waals surface area contributed by atoms with Gasteiger partial charge in [-0.2, -0.15) is 11.8 Å². The summed E-state index contributed by atoms with van der Waals surface area (Å²) in [5.74, 6) is 2.59. The average Bonchev–Trinajstić information content (AvgIpc) is 2.26. The van der Waals surface area contributed by atoms with Crippen LogP contribution in [0, 0.1) is 11.8 Å². The number of hydrogen-bond acceptors (Lipinski definition) is 2. The Kier molecular flexibility index (Phi) is 5.95. The predicted molar refractivity (Wildman–Crippen MR) is 64.7 cm³/mol. The summed E-state index contributed by atoms with van der Waals surface area (Å²) in [6.07, 6.45) is 7.04. The molecule has 0 saturated heterocycles. The second kappa shape index (κ2) is 6.73. The van der Waals surface area contributed by atoms with Crippen molar-refractivity contribution < 1.29 is 5.11 Å². The van der Waals surface area contributed by atoms with Gasteiger partial charge in [-0.25, -0.2) is 0 Å². The third-order valence-electron chi connectivity index (χ3n) is 3.24. The Morgan fingerprint density at radius 2 is 2.21 bits per heavy atom. The maximum atomic E-state index is 8.95. The van der Waals surface area contributed by atoms with E-state index in [1.165, 1.54) is 32.1 Å². The number of rotatable bonds is 5. The van der Waals surface area contributed by atoms with Gasteiger partial charge in [0.05, 0.1) is 0 Å². The molecule has 0 spiro atoms. The lowest BCUT2D eigenvalue weighted by atomic mass is 9.87. The van der Waals surface area contributed by atoms with Crippen molar-refractivity contribution in [3.8, 4) is 0 Å². The van der Waals surface area contributed by atoms with E-state index in [1.807, 2.05) is 0 Å². The Labute approximate surface area is 92.7 Å². The van der Waals surface area contributed by atoms with Gasteiger partial charge in [-0.05, 0) is 30.4 Å². The second-order valence-electron chi connectivity index (χ2n) is 4.68. The first-order chi connectivity index (χ1) is 6.76. The molecule has 0 amide bonds. The molecule has 0 aromatic heterocycles. The molecule has 3 atom stereocenters. The van der Waals surface area contributed by atoms with Crippen molar-refractivity contribution >= 4 is 11.8 Å². The molecule has 1 N–H and O–H groups in total. The van der Waals surface area contributed by atoms with E-state index in [-0.39, 0.29) is 0 Å². The Balaban J connectivity index is 2.17. The Morgan fingerprint density at radius 3 is 2.86 bits per heavy atom. The largest absolute Gasteiger partial charge is 0.396 e. The minimum atomic E-state index is 0.344. The van der Waals surface area contributed by atoms with Crippen LogP contribution < -0.4 is 0 Å². The molecule has 84 valence electrons. The van der Waals surface area contributed by atoms with Crippen molar-refractivity contribution in [1.82, 2.24) is 0 Å². The first-order valence-electron chi connectivity index (χ1n) is 5.98. The van der Waals surface area contributed by atoms with Crippen LogP contribution in [-0.4, -0.2) is 22.7 Å². The summed E-state index contributed by atoms with van der Waals surface area (Å²) >= 11 is 2.09. The molecule has 1 aliphatic rings. The third kappa shape index (κ3) is 4.22. The van der Waals surface area contributed by atoms with E-state index in [2.05, 4.69) is 25.6 Å².